The quantitative estimate of drug-likeness (QED) is 0.651. The smallest absolute Gasteiger partial charge is 0.161 e. The van der Waals surface area contributed by atoms with E-state index in [1.807, 2.05) is 48.5 Å². The second-order valence-electron chi connectivity index (χ2n) is 6.22. The van der Waals surface area contributed by atoms with Crippen molar-refractivity contribution in [2.24, 2.45) is 0 Å². The van der Waals surface area contributed by atoms with Crippen molar-refractivity contribution >= 4 is 0 Å². The Balaban J connectivity index is 1.53. The Kier molecular flexibility index (Phi) is 9.70. The molecule has 162 valence electrons. The molecule has 2 aromatic rings. The molecular weight excluding hydrogens is 388 g/mol. The summed E-state index contributed by atoms with van der Waals surface area (Å²) in [4.78, 5) is 0. The third kappa shape index (κ3) is 7.85. The van der Waals surface area contributed by atoms with Crippen molar-refractivity contribution in [3.8, 4) is 23.0 Å². The van der Waals surface area contributed by atoms with Crippen LogP contribution in [0, 0.1) is 0 Å². The van der Waals surface area contributed by atoms with Gasteiger partial charge >= 0.3 is 0 Å². The molecule has 1 aliphatic heterocycles. The van der Waals surface area contributed by atoms with Crippen molar-refractivity contribution in [3.05, 3.63) is 60.9 Å². The van der Waals surface area contributed by atoms with Crippen LogP contribution in [-0.4, -0.2) is 59.5 Å². The van der Waals surface area contributed by atoms with E-state index < -0.39 is 0 Å². The molecule has 0 N–H and O–H groups in total. The molecule has 0 amide bonds. The zero-order chi connectivity index (χ0) is 20.7. The molecule has 0 aliphatic carbocycles. The Hall–Kier alpha value is -2.90. The number of hydrogen-bond donors (Lipinski definition) is 0. The number of fused-ring (bicyclic) bond motifs is 2. The Morgan fingerprint density at radius 2 is 0.900 bits per heavy atom. The highest BCUT2D eigenvalue weighted by Crippen LogP contribution is 2.27. The average molecular weight is 416 g/mol. The fourth-order valence-corrected chi connectivity index (χ4v) is 2.64. The van der Waals surface area contributed by atoms with Crippen LogP contribution >= 0.6 is 0 Å². The van der Waals surface area contributed by atoms with Crippen molar-refractivity contribution in [1.82, 2.24) is 0 Å². The number of benzene rings is 2. The van der Waals surface area contributed by atoms with E-state index in [4.69, 9.17) is 33.2 Å². The summed E-state index contributed by atoms with van der Waals surface area (Å²) < 4.78 is 39.6. The molecule has 7 heteroatoms. The first kappa shape index (κ1) is 21.8. The zero-order valence-corrected chi connectivity index (χ0v) is 17.0. The van der Waals surface area contributed by atoms with Gasteiger partial charge in [0.15, 0.2) is 23.0 Å². The second-order valence-corrected chi connectivity index (χ2v) is 6.22. The Labute approximate surface area is 177 Å². The van der Waals surface area contributed by atoms with Gasteiger partial charge in [-0.2, -0.15) is 0 Å². The van der Waals surface area contributed by atoms with Gasteiger partial charge in [-0.1, -0.05) is 24.3 Å². The SMILES string of the molecule is C1=C\OCCOc2ccccc2OCCOCCOc2ccccc2OCCOC/1. The Bertz CT molecular complexity index is 763. The maximum atomic E-state index is 5.78. The second kappa shape index (κ2) is 13.3. The standard InChI is InChI=1S/C23H28O7/c1-3-8-22-20(6-1)27-16-12-24-10-5-11-25-13-17-28-21-7-2-4-9-23(21)30-19-15-26-14-18-29-22/h1-10H,11-19H2/b10-5-. The molecule has 0 aromatic heterocycles. The normalized spacial score (nSPS) is 18.1. The summed E-state index contributed by atoms with van der Waals surface area (Å²) in [6, 6.07) is 15.1. The first-order chi connectivity index (χ1) is 14.9. The van der Waals surface area contributed by atoms with Crippen LogP contribution in [0.4, 0.5) is 0 Å². The van der Waals surface area contributed by atoms with Gasteiger partial charge in [0, 0.05) is 0 Å². The van der Waals surface area contributed by atoms with Gasteiger partial charge in [0.05, 0.1) is 32.7 Å². The van der Waals surface area contributed by atoms with Gasteiger partial charge in [-0.15, -0.1) is 0 Å². The summed E-state index contributed by atoms with van der Waals surface area (Å²) in [6.07, 6.45) is 3.42. The minimum atomic E-state index is 0.409. The van der Waals surface area contributed by atoms with E-state index in [1.54, 1.807) is 12.3 Å². The van der Waals surface area contributed by atoms with Crippen LogP contribution in [0.5, 0.6) is 23.0 Å². The summed E-state index contributed by atoms with van der Waals surface area (Å²) in [5, 5.41) is 0. The number of rotatable bonds is 0. The highest BCUT2D eigenvalue weighted by Gasteiger charge is 2.06. The minimum absolute atomic E-state index is 0.409. The van der Waals surface area contributed by atoms with Crippen molar-refractivity contribution in [2.75, 3.05) is 59.5 Å². The van der Waals surface area contributed by atoms with E-state index in [0.29, 0.717) is 82.5 Å². The van der Waals surface area contributed by atoms with Crippen LogP contribution in [-0.2, 0) is 14.2 Å². The van der Waals surface area contributed by atoms with E-state index in [1.165, 1.54) is 0 Å². The molecule has 0 fully saturated rings. The predicted octanol–water partition coefficient (Wildman–Crippen LogP) is 3.48. The predicted molar refractivity (Wildman–Crippen MR) is 112 cm³/mol. The van der Waals surface area contributed by atoms with Gasteiger partial charge in [0.25, 0.3) is 0 Å². The molecule has 0 spiro atoms. The number of hydrogen-bond acceptors (Lipinski definition) is 7. The summed E-state index contributed by atoms with van der Waals surface area (Å²) in [5.41, 5.74) is 0. The Morgan fingerprint density at radius 1 is 0.467 bits per heavy atom. The summed E-state index contributed by atoms with van der Waals surface area (Å²) in [7, 11) is 0. The van der Waals surface area contributed by atoms with Crippen LogP contribution in [0.3, 0.4) is 0 Å². The molecule has 0 atom stereocenters. The third-order valence-electron chi connectivity index (χ3n) is 4.02. The number of ether oxygens (including phenoxy) is 7. The van der Waals surface area contributed by atoms with E-state index >= 15 is 0 Å². The highest BCUT2D eigenvalue weighted by atomic mass is 16.6. The molecule has 3 rings (SSSR count). The molecule has 0 unspecified atom stereocenters. The largest absolute Gasteiger partial charge is 0.498 e. The monoisotopic (exact) mass is 416 g/mol. The van der Waals surface area contributed by atoms with Crippen molar-refractivity contribution < 1.29 is 33.2 Å². The molecule has 1 heterocycles. The molecule has 30 heavy (non-hydrogen) atoms. The van der Waals surface area contributed by atoms with E-state index in [2.05, 4.69) is 0 Å². The molecular formula is C23H28O7. The van der Waals surface area contributed by atoms with E-state index in [0.717, 1.165) is 0 Å². The van der Waals surface area contributed by atoms with Crippen molar-refractivity contribution in [1.29, 1.82) is 0 Å². The minimum Gasteiger partial charge on any atom is -0.498 e. The summed E-state index contributed by atoms with van der Waals surface area (Å²) in [5.74, 6) is 2.71. The Morgan fingerprint density at radius 3 is 1.40 bits per heavy atom. The first-order valence-corrected chi connectivity index (χ1v) is 10.0. The van der Waals surface area contributed by atoms with E-state index in [9.17, 15) is 0 Å². The van der Waals surface area contributed by atoms with Crippen LogP contribution in [0.2, 0.25) is 0 Å². The van der Waals surface area contributed by atoms with Crippen LogP contribution < -0.4 is 18.9 Å². The number of para-hydroxylation sites is 4. The van der Waals surface area contributed by atoms with Gasteiger partial charge < -0.3 is 33.2 Å². The maximum absolute atomic E-state index is 5.78. The summed E-state index contributed by atoms with van der Waals surface area (Å²) in [6.45, 7) is 3.89. The molecule has 7 nitrogen and oxygen atoms in total. The average Bonchev–Trinajstić information content (AvgIpc) is 2.78. The van der Waals surface area contributed by atoms with Crippen molar-refractivity contribution in [3.63, 3.8) is 0 Å². The zero-order valence-electron chi connectivity index (χ0n) is 17.0. The molecule has 0 saturated carbocycles. The topological polar surface area (TPSA) is 64.6 Å². The highest BCUT2D eigenvalue weighted by molar-refractivity contribution is 5.40. The maximum Gasteiger partial charge on any atom is 0.161 e. The lowest BCUT2D eigenvalue weighted by Crippen LogP contribution is -2.13. The van der Waals surface area contributed by atoms with Gasteiger partial charge in [-0.05, 0) is 30.3 Å². The van der Waals surface area contributed by atoms with Gasteiger partial charge in [0.1, 0.15) is 33.0 Å². The van der Waals surface area contributed by atoms with Crippen LogP contribution in [0.25, 0.3) is 0 Å². The third-order valence-corrected chi connectivity index (χ3v) is 4.02. The molecule has 0 radical (unpaired) electrons. The lowest BCUT2D eigenvalue weighted by atomic mass is 10.3. The van der Waals surface area contributed by atoms with Gasteiger partial charge in [0.2, 0.25) is 0 Å². The van der Waals surface area contributed by atoms with Crippen molar-refractivity contribution in [2.45, 2.75) is 0 Å². The fourth-order valence-electron chi connectivity index (χ4n) is 2.64. The lowest BCUT2D eigenvalue weighted by molar-refractivity contribution is 0.0732. The molecule has 0 bridgehead atoms. The van der Waals surface area contributed by atoms with Gasteiger partial charge in [-0.3, -0.25) is 0 Å². The summed E-state index contributed by atoms with van der Waals surface area (Å²) >= 11 is 0. The van der Waals surface area contributed by atoms with Crippen LogP contribution in [0.1, 0.15) is 0 Å². The molecule has 0 saturated heterocycles. The fraction of sp³-hybridized carbons (Fsp3) is 0.391. The van der Waals surface area contributed by atoms with Gasteiger partial charge in [-0.25, -0.2) is 0 Å². The first-order valence-electron chi connectivity index (χ1n) is 10.0. The van der Waals surface area contributed by atoms with E-state index in [-0.39, 0.29) is 0 Å². The molecule has 2 aromatic carbocycles. The lowest BCUT2D eigenvalue weighted by Gasteiger charge is -2.14. The van der Waals surface area contributed by atoms with Crippen LogP contribution in [0.15, 0.2) is 60.9 Å². The molecule has 1 aliphatic rings.